The molecule has 7 nitrogen and oxygen atoms in total. The first kappa shape index (κ1) is 17.5. The second-order valence-corrected chi connectivity index (χ2v) is 8.01. The number of furan rings is 1. The van der Waals surface area contributed by atoms with Gasteiger partial charge in [0.1, 0.15) is 11.6 Å². The molecule has 3 heterocycles. The lowest BCUT2D eigenvalue weighted by molar-refractivity contribution is -0.187. The fourth-order valence-electron chi connectivity index (χ4n) is 4.36. The molecular weight excluding hydrogens is 334 g/mol. The van der Waals surface area contributed by atoms with Crippen molar-refractivity contribution >= 4 is 11.8 Å². The van der Waals surface area contributed by atoms with Gasteiger partial charge in [-0.25, -0.2) is 0 Å². The minimum Gasteiger partial charge on any atom is -0.459 e. The Hall–Kier alpha value is -1.86. The molecule has 1 spiro atoms. The fraction of sp³-hybridized carbons (Fsp3) is 0.684. The lowest BCUT2D eigenvalue weighted by Gasteiger charge is -2.54. The van der Waals surface area contributed by atoms with E-state index in [4.69, 9.17) is 9.15 Å². The molecule has 4 rings (SSSR count). The van der Waals surface area contributed by atoms with Crippen molar-refractivity contribution in [1.29, 1.82) is 0 Å². The Morgan fingerprint density at radius 2 is 1.96 bits per heavy atom. The van der Waals surface area contributed by atoms with Crippen molar-refractivity contribution in [2.75, 3.05) is 33.3 Å². The zero-order chi connectivity index (χ0) is 18.3. The summed E-state index contributed by atoms with van der Waals surface area (Å²) < 4.78 is 11.4. The van der Waals surface area contributed by atoms with Crippen LogP contribution in [-0.4, -0.2) is 72.6 Å². The van der Waals surface area contributed by atoms with E-state index in [1.54, 1.807) is 11.0 Å². The molecule has 1 N–H and O–H groups in total. The topological polar surface area (TPSA) is 75.0 Å². The van der Waals surface area contributed by atoms with Crippen LogP contribution >= 0.6 is 0 Å². The van der Waals surface area contributed by atoms with Gasteiger partial charge in [0, 0.05) is 18.2 Å². The Kier molecular flexibility index (Phi) is 4.52. The minimum absolute atomic E-state index is 0.0627. The van der Waals surface area contributed by atoms with Gasteiger partial charge in [-0.15, -0.1) is 0 Å². The number of nitrogens with zero attached hydrogens (tertiary/aromatic N) is 2. The number of likely N-dealkylation sites (N-methyl/N-ethyl adjacent to an activating group) is 1. The number of likely N-dealkylation sites (tertiary alicyclic amines) is 1. The van der Waals surface area contributed by atoms with Crippen LogP contribution in [-0.2, 0) is 9.53 Å². The van der Waals surface area contributed by atoms with E-state index in [2.05, 4.69) is 10.2 Å². The Morgan fingerprint density at radius 1 is 1.23 bits per heavy atom. The molecule has 7 heteroatoms. The predicted molar refractivity (Wildman–Crippen MR) is 94.8 cm³/mol. The van der Waals surface area contributed by atoms with E-state index < -0.39 is 0 Å². The Balaban J connectivity index is 1.31. The second-order valence-electron chi connectivity index (χ2n) is 8.01. The van der Waals surface area contributed by atoms with Crippen molar-refractivity contribution in [3.8, 4) is 0 Å². The van der Waals surface area contributed by atoms with Crippen molar-refractivity contribution in [2.45, 2.75) is 50.3 Å². The van der Waals surface area contributed by atoms with Gasteiger partial charge in [-0.2, -0.15) is 0 Å². The highest BCUT2D eigenvalue weighted by molar-refractivity contribution is 5.93. The number of carbonyl (C=O) groups excluding carboxylic acids is 2. The normalized spacial score (nSPS) is 26.1. The largest absolute Gasteiger partial charge is 0.459 e. The Morgan fingerprint density at radius 3 is 2.58 bits per heavy atom. The van der Waals surface area contributed by atoms with Crippen molar-refractivity contribution in [1.82, 2.24) is 15.1 Å². The average Bonchev–Trinajstić information content (AvgIpc) is 3.23. The summed E-state index contributed by atoms with van der Waals surface area (Å²) in [4.78, 5) is 28.8. The molecule has 2 aliphatic heterocycles. The zero-order valence-electron chi connectivity index (χ0n) is 15.5. The first-order chi connectivity index (χ1) is 12.5. The fourth-order valence-corrected chi connectivity index (χ4v) is 4.36. The average molecular weight is 361 g/mol. The number of aryl methyl sites for hydroxylation is 1. The third-order valence-electron chi connectivity index (χ3n) is 5.92. The van der Waals surface area contributed by atoms with E-state index in [-0.39, 0.29) is 23.5 Å². The van der Waals surface area contributed by atoms with Crippen LogP contribution in [0, 0.1) is 6.92 Å². The van der Waals surface area contributed by atoms with E-state index in [9.17, 15) is 9.59 Å². The molecule has 2 amide bonds. The van der Waals surface area contributed by atoms with E-state index in [1.807, 2.05) is 14.0 Å². The van der Waals surface area contributed by atoms with Gasteiger partial charge in [-0.1, -0.05) is 12.8 Å². The van der Waals surface area contributed by atoms with E-state index in [0.29, 0.717) is 38.0 Å². The van der Waals surface area contributed by atoms with Crippen LogP contribution in [0.4, 0.5) is 0 Å². The number of hydrogen-bond acceptors (Lipinski definition) is 5. The summed E-state index contributed by atoms with van der Waals surface area (Å²) in [6.45, 7) is 3.96. The van der Waals surface area contributed by atoms with Crippen LogP contribution in [0.2, 0.25) is 0 Å². The van der Waals surface area contributed by atoms with Crippen LogP contribution in [0.25, 0.3) is 0 Å². The summed E-state index contributed by atoms with van der Waals surface area (Å²) in [5, 5.41) is 3.16. The van der Waals surface area contributed by atoms with Crippen LogP contribution in [0.5, 0.6) is 0 Å². The molecule has 2 saturated heterocycles. The van der Waals surface area contributed by atoms with Gasteiger partial charge in [0.05, 0.1) is 26.0 Å². The zero-order valence-corrected chi connectivity index (χ0v) is 15.5. The minimum atomic E-state index is -0.366. The molecule has 0 unspecified atom stereocenters. The van der Waals surface area contributed by atoms with Gasteiger partial charge in [-0.05, 0) is 32.9 Å². The smallest absolute Gasteiger partial charge is 0.290 e. The lowest BCUT2D eigenvalue weighted by Crippen LogP contribution is -2.73. The van der Waals surface area contributed by atoms with Crippen molar-refractivity contribution < 1.29 is 18.7 Å². The van der Waals surface area contributed by atoms with Crippen LogP contribution < -0.4 is 5.32 Å². The number of amides is 2. The van der Waals surface area contributed by atoms with Crippen molar-refractivity contribution in [3.05, 3.63) is 23.7 Å². The maximum Gasteiger partial charge on any atom is 0.290 e. The van der Waals surface area contributed by atoms with Crippen molar-refractivity contribution in [2.24, 2.45) is 0 Å². The summed E-state index contributed by atoms with van der Waals surface area (Å²) in [6, 6.07) is 1.86. The van der Waals surface area contributed by atoms with E-state index >= 15 is 0 Å². The molecule has 1 saturated carbocycles. The maximum absolute atomic E-state index is 12.5. The summed E-state index contributed by atoms with van der Waals surface area (Å²) in [5.41, 5.74) is 0.482. The summed E-state index contributed by atoms with van der Waals surface area (Å²) in [5.74, 6) is 0.371. The number of rotatable bonds is 3. The molecule has 0 bridgehead atoms. The van der Waals surface area contributed by atoms with Gasteiger partial charge < -0.3 is 19.4 Å². The van der Waals surface area contributed by atoms with Gasteiger partial charge in [0.25, 0.3) is 5.91 Å². The van der Waals surface area contributed by atoms with Crippen molar-refractivity contribution in [3.63, 3.8) is 0 Å². The predicted octanol–water partition coefficient (Wildman–Crippen LogP) is 1.17. The van der Waals surface area contributed by atoms with Crippen LogP contribution in [0.15, 0.2) is 16.7 Å². The lowest BCUT2D eigenvalue weighted by atomic mass is 9.90. The first-order valence-electron chi connectivity index (χ1n) is 9.45. The van der Waals surface area contributed by atoms with E-state index in [0.717, 1.165) is 18.4 Å². The second kappa shape index (κ2) is 6.70. The summed E-state index contributed by atoms with van der Waals surface area (Å²) >= 11 is 0. The SMILES string of the molecule is Cc1ccoc1C(=O)N1CC2(C1)CN(C)[C@@H](C(=O)NC1CCCC1)CO2. The van der Waals surface area contributed by atoms with Gasteiger partial charge >= 0.3 is 0 Å². The molecular formula is C19H27N3O4. The molecule has 1 atom stereocenters. The standard InChI is InChI=1S/C19H27N3O4/c1-13-7-8-25-16(13)18(24)22-11-19(12-22)10-21(2)15(9-26-19)17(23)20-14-5-3-4-6-14/h7-8,14-15H,3-6,9-12H2,1-2H3,(H,20,23)/t15-/m1/s1. The molecule has 0 radical (unpaired) electrons. The third kappa shape index (κ3) is 3.14. The monoisotopic (exact) mass is 361 g/mol. The Bertz CT molecular complexity index is 689. The van der Waals surface area contributed by atoms with E-state index in [1.165, 1.54) is 19.1 Å². The van der Waals surface area contributed by atoms with Crippen LogP contribution in [0.1, 0.15) is 41.8 Å². The molecule has 0 aromatic carbocycles. The van der Waals surface area contributed by atoms with Gasteiger partial charge in [-0.3, -0.25) is 14.5 Å². The quantitative estimate of drug-likeness (QED) is 0.875. The summed E-state index contributed by atoms with van der Waals surface area (Å²) in [6.07, 6.45) is 6.09. The summed E-state index contributed by atoms with van der Waals surface area (Å²) in [7, 11) is 1.96. The highest BCUT2D eigenvalue weighted by Crippen LogP contribution is 2.32. The third-order valence-corrected chi connectivity index (χ3v) is 5.92. The molecule has 3 aliphatic rings. The van der Waals surface area contributed by atoms with Gasteiger partial charge in [0.15, 0.2) is 5.76 Å². The number of nitrogens with one attached hydrogen (secondary N) is 1. The number of hydrogen-bond donors (Lipinski definition) is 1. The molecule has 1 aromatic heterocycles. The molecule has 3 fully saturated rings. The number of morpholine rings is 1. The molecule has 26 heavy (non-hydrogen) atoms. The first-order valence-corrected chi connectivity index (χ1v) is 9.45. The Labute approximate surface area is 153 Å². The molecule has 1 aliphatic carbocycles. The maximum atomic E-state index is 12.5. The number of ether oxygens (including phenoxy) is 1. The highest BCUT2D eigenvalue weighted by atomic mass is 16.5. The molecule has 142 valence electrons. The number of carbonyl (C=O) groups is 2. The molecule has 1 aromatic rings. The van der Waals surface area contributed by atoms with Gasteiger partial charge in [0.2, 0.25) is 5.91 Å². The van der Waals surface area contributed by atoms with Crippen LogP contribution in [0.3, 0.4) is 0 Å². The highest BCUT2D eigenvalue weighted by Gasteiger charge is 2.51.